The number of alkyl halides is 6. The molecule has 0 amide bonds. The highest BCUT2D eigenvalue weighted by Crippen LogP contribution is 2.30. The predicted molar refractivity (Wildman–Crippen MR) is 101 cm³/mol. The number of anilines is 1. The van der Waals surface area contributed by atoms with E-state index >= 15 is 0 Å². The van der Waals surface area contributed by atoms with Crippen molar-refractivity contribution in [1.82, 2.24) is 14.5 Å². The summed E-state index contributed by atoms with van der Waals surface area (Å²) < 4.78 is 70.6. The van der Waals surface area contributed by atoms with Gasteiger partial charge in [0.15, 0.2) is 5.76 Å². The molecule has 0 saturated carbocycles. The summed E-state index contributed by atoms with van der Waals surface area (Å²) >= 11 is 0. The third-order valence-corrected chi connectivity index (χ3v) is 3.40. The number of rotatable bonds is 2. The Balaban J connectivity index is 0.000000343. The van der Waals surface area contributed by atoms with Crippen molar-refractivity contribution in [3.8, 4) is 28.8 Å². The lowest BCUT2D eigenvalue weighted by atomic mass is 10.1. The maximum Gasteiger partial charge on any atom is 0.490 e. The van der Waals surface area contributed by atoms with Gasteiger partial charge in [0.2, 0.25) is 0 Å². The lowest BCUT2D eigenvalue weighted by molar-refractivity contribution is -0.193. The zero-order chi connectivity index (χ0) is 26.3. The molecule has 0 radical (unpaired) electrons. The van der Waals surface area contributed by atoms with Gasteiger partial charge in [-0.3, -0.25) is 0 Å². The number of hydrogen-bond donors (Lipinski definition) is 3. The van der Waals surface area contributed by atoms with Gasteiger partial charge in [-0.05, 0) is 18.2 Å². The van der Waals surface area contributed by atoms with E-state index in [4.69, 9.17) is 30.0 Å². The molecule has 3 rings (SSSR count). The van der Waals surface area contributed by atoms with E-state index in [-0.39, 0.29) is 5.82 Å². The van der Waals surface area contributed by atoms with Crippen LogP contribution in [0.1, 0.15) is 5.56 Å². The van der Waals surface area contributed by atoms with E-state index in [9.17, 15) is 31.6 Å². The number of imidazole rings is 1. The molecule has 0 aromatic carbocycles. The molecule has 10 nitrogen and oxygen atoms in total. The zero-order valence-electron chi connectivity index (χ0n) is 16.7. The second kappa shape index (κ2) is 10.8. The first-order chi connectivity index (χ1) is 15.6. The van der Waals surface area contributed by atoms with E-state index in [1.807, 2.05) is 13.2 Å². The summed E-state index contributed by atoms with van der Waals surface area (Å²) in [5.41, 5.74) is 8.09. The van der Waals surface area contributed by atoms with Crippen LogP contribution >= 0.6 is 0 Å². The molecule has 3 aromatic rings. The topological polar surface area (TPSA) is 168 Å². The monoisotopic (exact) mass is 493 g/mol. The SMILES string of the molecule is Cn1cnc(-c2cc(-c3ccco3)nc(N)c2C#N)c1.O=C(O)C(F)(F)F.O=C(O)C(F)(F)F. The summed E-state index contributed by atoms with van der Waals surface area (Å²) in [6, 6.07) is 7.39. The van der Waals surface area contributed by atoms with Crippen LogP contribution in [-0.2, 0) is 16.6 Å². The molecule has 16 heteroatoms. The molecule has 0 aliphatic rings. The van der Waals surface area contributed by atoms with Gasteiger partial charge in [-0.2, -0.15) is 31.6 Å². The van der Waals surface area contributed by atoms with E-state index in [2.05, 4.69) is 16.0 Å². The van der Waals surface area contributed by atoms with Gasteiger partial charge in [-0.15, -0.1) is 0 Å². The van der Waals surface area contributed by atoms with Crippen molar-refractivity contribution in [3.63, 3.8) is 0 Å². The van der Waals surface area contributed by atoms with Gasteiger partial charge >= 0.3 is 24.3 Å². The van der Waals surface area contributed by atoms with Crippen LogP contribution in [0.25, 0.3) is 22.7 Å². The Hall–Kier alpha value is -4.55. The number of nitrogen functional groups attached to an aromatic ring is 1. The molecule has 34 heavy (non-hydrogen) atoms. The quantitative estimate of drug-likeness (QED) is 0.453. The Morgan fingerprint density at radius 3 is 2.00 bits per heavy atom. The van der Waals surface area contributed by atoms with Crippen LogP contribution in [-0.4, -0.2) is 49.0 Å². The average molecular weight is 493 g/mol. The predicted octanol–water partition coefficient (Wildman–Crippen LogP) is 3.46. The summed E-state index contributed by atoms with van der Waals surface area (Å²) in [7, 11) is 1.86. The minimum atomic E-state index is -5.08. The van der Waals surface area contributed by atoms with Crippen LogP contribution in [0.2, 0.25) is 0 Å². The van der Waals surface area contributed by atoms with Crippen LogP contribution in [0.3, 0.4) is 0 Å². The Bertz CT molecular complexity index is 1160. The van der Waals surface area contributed by atoms with Gasteiger partial charge < -0.3 is 24.9 Å². The van der Waals surface area contributed by atoms with Crippen molar-refractivity contribution in [3.05, 3.63) is 42.5 Å². The maximum absolute atomic E-state index is 10.6. The van der Waals surface area contributed by atoms with Crippen LogP contribution in [0.4, 0.5) is 32.2 Å². The Morgan fingerprint density at radius 1 is 1.12 bits per heavy atom. The normalized spacial score (nSPS) is 10.8. The van der Waals surface area contributed by atoms with Crippen molar-refractivity contribution < 1.29 is 50.6 Å². The number of carboxylic acids is 2. The fourth-order valence-corrected chi connectivity index (χ4v) is 1.99. The molecule has 0 saturated heterocycles. The summed E-state index contributed by atoms with van der Waals surface area (Å²) in [6.07, 6.45) is -5.12. The van der Waals surface area contributed by atoms with Crippen molar-refractivity contribution >= 4 is 17.8 Å². The second-order valence-electron chi connectivity index (χ2n) is 5.93. The summed E-state index contributed by atoms with van der Waals surface area (Å²) in [5, 5.41) is 23.5. The number of aromatic nitrogens is 3. The number of halogens is 6. The van der Waals surface area contributed by atoms with E-state index in [0.717, 1.165) is 0 Å². The molecule has 0 aliphatic carbocycles. The molecule has 0 unspecified atom stereocenters. The van der Waals surface area contributed by atoms with E-state index < -0.39 is 24.3 Å². The van der Waals surface area contributed by atoms with E-state index in [1.54, 1.807) is 35.4 Å². The zero-order valence-corrected chi connectivity index (χ0v) is 16.7. The molecule has 3 aromatic heterocycles. The van der Waals surface area contributed by atoms with Gasteiger partial charge in [-0.25, -0.2) is 19.6 Å². The minimum Gasteiger partial charge on any atom is -0.475 e. The van der Waals surface area contributed by atoms with Gasteiger partial charge in [0.25, 0.3) is 0 Å². The minimum absolute atomic E-state index is 0.169. The van der Waals surface area contributed by atoms with Crippen molar-refractivity contribution in [1.29, 1.82) is 5.26 Å². The number of nitrogens with two attached hydrogens (primary N) is 1. The summed E-state index contributed by atoms with van der Waals surface area (Å²) in [4.78, 5) is 26.3. The first kappa shape index (κ1) is 27.5. The molecule has 0 atom stereocenters. The average Bonchev–Trinajstić information content (AvgIpc) is 3.38. The number of hydrogen-bond acceptors (Lipinski definition) is 7. The highest BCUT2D eigenvalue weighted by molar-refractivity contribution is 5.77. The number of nitriles is 1. The molecule has 0 fully saturated rings. The highest BCUT2D eigenvalue weighted by Gasteiger charge is 2.38. The van der Waals surface area contributed by atoms with E-state index in [1.165, 1.54) is 0 Å². The summed E-state index contributed by atoms with van der Waals surface area (Å²) in [5.74, 6) is -4.75. The van der Waals surface area contributed by atoms with Crippen LogP contribution < -0.4 is 5.73 Å². The van der Waals surface area contributed by atoms with Crippen molar-refractivity contribution in [2.75, 3.05) is 5.73 Å². The third kappa shape index (κ3) is 7.85. The fourth-order valence-electron chi connectivity index (χ4n) is 1.99. The number of nitrogens with zero attached hydrogens (tertiary/aromatic N) is 4. The maximum atomic E-state index is 10.6. The van der Waals surface area contributed by atoms with Gasteiger partial charge in [-0.1, -0.05) is 0 Å². The largest absolute Gasteiger partial charge is 0.490 e. The molecule has 3 heterocycles. The number of carboxylic acid groups (broad SMARTS) is 2. The number of aliphatic carboxylic acids is 2. The second-order valence-corrected chi connectivity index (χ2v) is 5.93. The molecule has 0 bridgehead atoms. The molecule has 0 spiro atoms. The Labute approximate surface area is 185 Å². The Kier molecular flexibility index (Phi) is 8.77. The van der Waals surface area contributed by atoms with Crippen LogP contribution in [0.5, 0.6) is 0 Å². The van der Waals surface area contributed by atoms with Crippen molar-refractivity contribution in [2.24, 2.45) is 7.05 Å². The lowest BCUT2D eigenvalue weighted by Gasteiger charge is -2.06. The van der Waals surface area contributed by atoms with Crippen LogP contribution in [0.15, 0.2) is 41.4 Å². The number of aryl methyl sites for hydroxylation is 1. The molecular formula is C18H13F6N5O5. The standard InChI is InChI=1S/C14H11N5O.2C2HF3O2/c1-19-7-12(17-8-19)9-5-11(13-3-2-4-20-13)18-14(16)10(9)6-15;2*3-2(4,5)1(6)7/h2-5,7-8H,1H3,(H2,16,18);2*(H,6,7). The van der Waals surface area contributed by atoms with Crippen molar-refractivity contribution in [2.45, 2.75) is 12.4 Å². The number of carbonyl (C=O) groups is 2. The first-order valence-corrected chi connectivity index (χ1v) is 8.41. The van der Waals surface area contributed by atoms with Gasteiger partial charge in [0.1, 0.15) is 23.1 Å². The Morgan fingerprint density at radius 2 is 1.65 bits per heavy atom. The molecule has 0 aliphatic heterocycles. The fraction of sp³-hybridized carbons (Fsp3) is 0.167. The van der Waals surface area contributed by atoms with Gasteiger partial charge in [0.05, 0.1) is 18.3 Å². The number of furan rings is 1. The first-order valence-electron chi connectivity index (χ1n) is 8.41. The number of pyridine rings is 1. The smallest absolute Gasteiger partial charge is 0.475 e. The molecular weight excluding hydrogens is 480 g/mol. The van der Waals surface area contributed by atoms with Crippen LogP contribution in [0, 0.1) is 11.3 Å². The van der Waals surface area contributed by atoms with Gasteiger partial charge in [0, 0.05) is 18.8 Å². The third-order valence-electron chi connectivity index (χ3n) is 3.40. The summed E-state index contributed by atoms with van der Waals surface area (Å²) in [6.45, 7) is 0. The molecule has 182 valence electrons. The highest BCUT2D eigenvalue weighted by atomic mass is 19.4. The molecule has 4 N–H and O–H groups in total. The lowest BCUT2D eigenvalue weighted by Crippen LogP contribution is -2.21. The van der Waals surface area contributed by atoms with E-state index in [0.29, 0.717) is 28.3 Å².